The lowest BCUT2D eigenvalue weighted by atomic mass is 10.1. The van der Waals surface area contributed by atoms with Crippen molar-refractivity contribution in [3.05, 3.63) is 54.5 Å². The van der Waals surface area contributed by atoms with Crippen LogP contribution >= 0.6 is 0 Å². The van der Waals surface area contributed by atoms with E-state index in [2.05, 4.69) is 10.4 Å². The highest BCUT2D eigenvalue weighted by molar-refractivity contribution is 6.40. The summed E-state index contributed by atoms with van der Waals surface area (Å²) in [6, 6.07) is 12.6. The summed E-state index contributed by atoms with van der Waals surface area (Å²) >= 11 is 0. The summed E-state index contributed by atoms with van der Waals surface area (Å²) < 4.78 is 5.46. The summed E-state index contributed by atoms with van der Waals surface area (Å²) in [6.07, 6.45) is 1.91. The quantitative estimate of drug-likeness (QED) is 0.811. The minimum atomic E-state index is -0.456. The molecule has 7 heteroatoms. The molecule has 2 unspecified atom stereocenters. The summed E-state index contributed by atoms with van der Waals surface area (Å²) in [5.41, 5.74) is 1.15. The fourth-order valence-corrected chi connectivity index (χ4v) is 3.09. The van der Waals surface area contributed by atoms with Gasteiger partial charge in [0.1, 0.15) is 17.5 Å². The van der Waals surface area contributed by atoms with E-state index in [1.807, 2.05) is 61.5 Å². The lowest BCUT2D eigenvalue weighted by molar-refractivity contribution is -0.118. The van der Waals surface area contributed by atoms with Crippen LogP contribution in [0.5, 0.6) is 0 Å². The van der Waals surface area contributed by atoms with Gasteiger partial charge in [0.25, 0.3) is 5.91 Å². The van der Waals surface area contributed by atoms with Gasteiger partial charge in [0.2, 0.25) is 0 Å². The zero-order valence-corrected chi connectivity index (χ0v) is 15.8. The van der Waals surface area contributed by atoms with Gasteiger partial charge in [-0.05, 0) is 45.3 Å². The minimum absolute atomic E-state index is 0.0212. The molecule has 0 bridgehead atoms. The first-order valence-electron chi connectivity index (χ1n) is 8.87. The highest BCUT2D eigenvalue weighted by Gasteiger charge is 2.34. The summed E-state index contributed by atoms with van der Waals surface area (Å²) in [6.45, 7) is 1.91. The molecule has 1 N–H and O–H groups in total. The number of hydrazone groups is 1. The van der Waals surface area contributed by atoms with Crippen LogP contribution in [0.3, 0.4) is 0 Å². The van der Waals surface area contributed by atoms with E-state index in [9.17, 15) is 9.59 Å². The molecule has 0 saturated carbocycles. The Bertz CT molecular complexity index is 815. The number of para-hydroxylation sites is 1. The topological polar surface area (TPSA) is 78.1 Å². The molecule has 0 saturated heterocycles. The van der Waals surface area contributed by atoms with Crippen LogP contribution in [0.1, 0.15) is 25.1 Å². The number of carbonyl (C=O) groups is 2. The summed E-state index contributed by atoms with van der Waals surface area (Å²) in [7, 11) is 3.85. The van der Waals surface area contributed by atoms with Gasteiger partial charge in [-0.2, -0.15) is 5.10 Å². The molecule has 0 aliphatic carbocycles. The Morgan fingerprint density at radius 3 is 2.59 bits per heavy atom. The van der Waals surface area contributed by atoms with Crippen molar-refractivity contribution in [1.29, 1.82) is 0 Å². The third kappa shape index (κ3) is 4.25. The molecule has 1 aromatic heterocycles. The number of Topliss-reactive ketones (excluding diaryl/α,β-unsaturated/α-hetero) is 1. The van der Waals surface area contributed by atoms with Gasteiger partial charge in [-0.1, -0.05) is 18.2 Å². The fraction of sp³-hybridized carbons (Fsp3) is 0.350. The second-order valence-electron chi connectivity index (χ2n) is 6.76. The van der Waals surface area contributed by atoms with Crippen molar-refractivity contribution < 1.29 is 14.0 Å². The summed E-state index contributed by atoms with van der Waals surface area (Å²) in [4.78, 5) is 26.7. The average molecular weight is 368 g/mol. The summed E-state index contributed by atoms with van der Waals surface area (Å²) in [5, 5.41) is 8.98. The van der Waals surface area contributed by atoms with Gasteiger partial charge >= 0.3 is 0 Å². The van der Waals surface area contributed by atoms with Crippen LogP contribution in [-0.4, -0.2) is 49.0 Å². The molecule has 1 aliphatic rings. The van der Waals surface area contributed by atoms with Gasteiger partial charge in [0, 0.05) is 13.0 Å². The van der Waals surface area contributed by atoms with Crippen molar-refractivity contribution in [1.82, 2.24) is 10.2 Å². The highest BCUT2D eigenvalue weighted by Crippen LogP contribution is 2.25. The predicted octanol–water partition coefficient (Wildman–Crippen LogP) is 2.22. The molecular weight excluding hydrogens is 344 g/mol. The zero-order valence-electron chi connectivity index (χ0n) is 15.8. The second kappa shape index (κ2) is 8.18. The number of hydrogen-bond donors (Lipinski definition) is 1. The molecule has 3 rings (SSSR count). The van der Waals surface area contributed by atoms with Gasteiger partial charge in [0.05, 0.1) is 18.0 Å². The normalized spacial score (nSPS) is 17.7. The van der Waals surface area contributed by atoms with E-state index < -0.39 is 6.04 Å². The molecule has 0 fully saturated rings. The number of likely N-dealkylation sites (N-methyl/N-ethyl adjacent to an activating group) is 1. The first-order valence-corrected chi connectivity index (χ1v) is 8.87. The lowest BCUT2D eigenvalue weighted by Gasteiger charge is -2.22. The summed E-state index contributed by atoms with van der Waals surface area (Å²) in [5.74, 6) is 0.492. The number of carbonyl (C=O) groups excluding carboxylic acids is 2. The van der Waals surface area contributed by atoms with Crippen LogP contribution in [0, 0.1) is 0 Å². The highest BCUT2D eigenvalue weighted by atomic mass is 16.3. The largest absolute Gasteiger partial charge is 0.468 e. The third-order valence-corrected chi connectivity index (χ3v) is 4.61. The van der Waals surface area contributed by atoms with E-state index >= 15 is 0 Å². The Morgan fingerprint density at radius 1 is 1.26 bits per heavy atom. The molecule has 1 aliphatic heterocycles. The van der Waals surface area contributed by atoms with Crippen molar-refractivity contribution in [2.24, 2.45) is 5.10 Å². The number of nitrogens with zero attached hydrogens (tertiary/aromatic N) is 3. The smallest absolute Gasteiger partial charge is 0.267 e. The van der Waals surface area contributed by atoms with Crippen molar-refractivity contribution in [3.63, 3.8) is 0 Å². The Labute approximate surface area is 158 Å². The molecule has 142 valence electrons. The van der Waals surface area contributed by atoms with Gasteiger partial charge < -0.3 is 9.73 Å². The standard InChI is InChI=1S/C20H24N4O3/c1-14(25)17-12-16(22-24(17)15-8-5-4-6-9-15)20(26)21-13-18(23(2)3)19-10-7-11-27-19/h4-11,17-18H,12-13H2,1-3H3,(H,21,26). The number of amides is 1. The van der Waals surface area contributed by atoms with E-state index in [-0.39, 0.29) is 17.7 Å². The Morgan fingerprint density at radius 2 is 2.00 bits per heavy atom. The minimum Gasteiger partial charge on any atom is -0.468 e. The first kappa shape index (κ1) is 18.8. The van der Waals surface area contributed by atoms with Crippen molar-refractivity contribution >= 4 is 23.1 Å². The fourth-order valence-electron chi connectivity index (χ4n) is 3.09. The van der Waals surface area contributed by atoms with E-state index in [0.29, 0.717) is 18.7 Å². The molecule has 1 aromatic carbocycles. The lowest BCUT2D eigenvalue weighted by Crippen LogP contribution is -2.38. The third-order valence-electron chi connectivity index (χ3n) is 4.61. The van der Waals surface area contributed by atoms with Crippen LogP contribution in [0.2, 0.25) is 0 Å². The number of rotatable bonds is 7. The van der Waals surface area contributed by atoms with Crippen LogP contribution in [-0.2, 0) is 9.59 Å². The Hall–Kier alpha value is -2.93. The molecule has 7 nitrogen and oxygen atoms in total. The van der Waals surface area contributed by atoms with Crippen molar-refractivity contribution in [2.75, 3.05) is 25.6 Å². The van der Waals surface area contributed by atoms with Crippen LogP contribution in [0.4, 0.5) is 5.69 Å². The van der Waals surface area contributed by atoms with Gasteiger partial charge in [0.15, 0.2) is 5.78 Å². The molecular formula is C20H24N4O3. The molecule has 27 heavy (non-hydrogen) atoms. The van der Waals surface area contributed by atoms with Crippen LogP contribution in [0.25, 0.3) is 0 Å². The average Bonchev–Trinajstić information content (AvgIpc) is 3.32. The number of benzene rings is 1. The van der Waals surface area contributed by atoms with Crippen LogP contribution < -0.4 is 10.3 Å². The molecule has 1 amide bonds. The molecule has 0 spiro atoms. The maximum atomic E-state index is 12.7. The Balaban J connectivity index is 1.71. The van der Waals surface area contributed by atoms with Crippen LogP contribution in [0.15, 0.2) is 58.2 Å². The van der Waals surface area contributed by atoms with E-state index in [0.717, 1.165) is 11.4 Å². The molecule has 2 atom stereocenters. The Kier molecular flexibility index (Phi) is 5.71. The van der Waals surface area contributed by atoms with Gasteiger partial charge in [-0.25, -0.2) is 0 Å². The zero-order chi connectivity index (χ0) is 19.4. The molecule has 2 aromatic rings. The molecule has 0 radical (unpaired) electrons. The molecule has 2 heterocycles. The second-order valence-corrected chi connectivity index (χ2v) is 6.76. The predicted molar refractivity (Wildman–Crippen MR) is 104 cm³/mol. The number of hydrogen-bond acceptors (Lipinski definition) is 6. The van der Waals surface area contributed by atoms with Crippen molar-refractivity contribution in [3.8, 4) is 0 Å². The van der Waals surface area contributed by atoms with Gasteiger partial charge in [-0.15, -0.1) is 0 Å². The SMILES string of the molecule is CC(=O)C1CC(C(=O)NCC(c2ccco2)N(C)C)=NN1c1ccccc1. The first-order chi connectivity index (χ1) is 13.0. The van der Waals surface area contributed by atoms with Gasteiger partial charge in [-0.3, -0.25) is 19.5 Å². The number of anilines is 1. The number of nitrogens with one attached hydrogen (secondary N) is 1. The number of furan rings is 1. The van der Waals surface area contributed by atoms with E-state index in [1.54, 1.807) is 11.3 Å². The number of ketones is 1. The van der Waals surface area contributed by atoms with E-state index in [4.69, 9.17) is 4.42 Å². The van der Waals surface area contributed by atoms with E-state index in [1.165, 1.54) is 6.92 Å². The monoisotopic (exact) mass is 368 g/mol. The maximum absolute atomic E-state index is 12.7. The van der Waals surface area contributed by atoms with Crippen molar-refractivity contribution in [2.45, 2.75) is 25.4 Å². The maximum Gasteiger partial charge on any atom is 0.267 e.